The van der Waals surface area contributed by atoms with Gasteiger partial charge in [-0.3, -0.25) is 9.59 Å². The smallest absolute Gasteiger partial charge is 0.314 e. The molecule has 0 aliphatic carbocycles. The van der Waals surface area contributed by atoms with Gasteiger partial charge in [0, 0.05) is 25.5 Å². The lowest BCUT2D eigenvalue weighted by molar-refractivity contribution is -0.143. The summed E-state index contributed by atoms with van der Waals surface area (Å²) in [5.74, 6) is -0.509. The zero-order chi connectivity index (χ0) is 15.0. The van der Waals surface area contributed by atoms with E-state index in [-0.39, 0.29) is 17.7 Å². The molecule has 1 atom stereocenters. The first-order valence-electron chi connectivity index (χ1n) is 7.06. The second-order valence-electron chi connectivity index (χ2n) is 5.35. The third-order valence-electron chi connectivity index (χ3n) is 4.14. The van der Waals surface area contributed by atoms with Gasteiger partial charge in [-0.1, -0.05) is 0 Å². The van der Waals surface area contributed by atoms with Crippen LogP contribution in [0.15, 0.2) is 30.5 Å². The van der Waals surface area contributed by atoms with E-state index in [9.17, 15) is 9.59 Å². The molecular weight excluding hydrogens is 268 g/mol. The van der Waals surface area contributed by atoms with E-state index in [1.165, 1.54) is 7.11 Å². The molecule has 0 N–H and O–H groups in total. The first-order valence-corrected chi connectivity index (χ1v) is 7.06. The zero-order valence-electron chi connectivity index (χ0n) is 12.2. The molecule has 3 rings (SSSR count). The molecule has 1 unspecified atom stereocenters. The molecule has 2 aromatic heterocycles. The molecule has 0 radical (unpaired) electrons. The first kappa shape index (κ1) is 13.7. The van der Waals surface area contributed by atoms with Crippen LogP contribution in [-0.4, -0.2) is 28.0 Å². The largest absolute Gasteiger partial charge is 0.469 e. The number of ether oxygens (including phenoxy) is 1. The fourth-order valence-electron chi connectivity index (χ4n) is 3.05. The van der Waals surface area contributed by atoms with E-state index in [0.29, 0.717) is 11.4 Å². The number of rotatable bonds is 3. The van der Waals surface area contributed by atoms with Gasteiger partial charge < -0.3 is 13.9 Å². The van der Waals surface area contributed by atoms with Crippen LogP contribution in [0.5, 0.6) is 0 Å². The summed E-state index contributed by atoms with van der Waals surface area (Å²) in [4.78, 5) is 24.5. The fraction of sp³-hybridized carbons (Fsp3) is 0.375. The highest BCUT2D eigenvalue weighted by atomic mass is 16.5. The lowest BCUT2D eigenvalue weighted by atomic mass is 9.96. The first-order chi connectivity index (χ1) is 10.1. The zero-order valence-corrected chi connectivity index (χ0v) is 12.2. The van der Waals surface area contributed by atoms with Crippen molar-refractivity contribution >= 4 is 11.8 Å². The molecule has 0 saturated carbocycles. The lowest BCUT2D eigenvalue weighted by Gasteiger charge is -2.24. The summed E-state index contributed by atoms with van der Waals surface area (Å²) in [6.45, 7) is 0.765. The molecule has 0 bridgehead atoms. The maximum Gasteiger partial charge on any atom is 0.314 e. The lowest BCUT2D eigenvalue weighted by Crippen LogP contribution is -2.25. The van der Waals surface area contributed by atoms with Crippen molar-refractivity contribution in [1.29, 1.82) is 0 Å². The number of hydrogen-bond acceptors (Lipinski definition) is 3. The number of methoxy groups -OCH3 is 1. The Kier molecular flexibility index (Phi) is 3.41. The van der Waals surface area contributed by atoms with Crippen molar-refractivity contribution in [2.75, 3.05) is 7.11 Å². The second kappa shape index (κ2) is 5.24. The SMILES string of the molecule is COC(=O)C1CCCn2c(C(=O)c3cccn3C)ccc21. The number of aromatic nitrogens is 2. The summed E-state index contributed by atoms with van der Waals surface area (Å²) in [7, 11) is 3.25. The van der Waals surface area contributed by atoms with Crippen LogP contribution in [0.3, 0.4) is 0 Å². The van der Waals surface area contributed by atoms with Gasteiger partial charge in [-0.25, -0.2) is 0 Å². The highest BCUT2D eigenvalue weighted by Gasteiger charge is 2.30. The minimum Gasteiger partial charge on any atom is -0.469 e. The van der Waals surface area contributed by atoms with Crippen LogP contribution in [-0.2, 0) is 23.1 Å². The van der Waals surface area contributed by atoms with Crippen LogP contribution >= 0.6 is 0 Å². The summed E-state index contributed by atoms with van der Waals surface area (Å²) in [5.41, 5.74) is 2.17. The Morgan fingerprint density at radius 1 is 1.24 bits per heavy atom. The van der Waals surface area contributed by atoms with Crippen LogP contribution < -0.4 is 0 Å². The Labute approximate surface area is 123 Å². The van der Waals surface area contributed by atoms with Crippen molar-refractivity contribution in [1.82, 2.24) is 9.13 Å². The van der Waals surface area contributed by atoms with Crippen LogP contribution in [0.25, 0.3) is 0 Å². The van der Waals surface area contributed by atoms with Gasteiger partial charge in [-0.15, -0.1) is 0 Å². The normalized spacial score (nSPS) is 17.3. The third-order valence-corrected chi connectivity index (χ3v) is 4.14. The number of carbonyl (C=O) groups excluding carboxylic acids is 2. The molecule has 21 heavy (non-hydrogen) atoms. The number of ketones is 1. The van der Waals surface area contributed by atoms with Crippen LogP contribution in [0.1, 0.15) is 40.6 Å². The fourth-order valence-corrected chi connectivity index (χ4v) is 3.05. The molecule has 5 heteroatoms. The second-order valence-corrected chi connectivity index (χ2v) is 5.35. The van der Waals surface area contributed by atoms with Crippen molar-refractivity contribution in [3.8, 4) is 0 Å². The summed E-state index contributed by atoms with van der Waals surface area (Å²) in [6, 6.07) is 7.34. The van der Waals surface area contributed by atoms with Crippen molar-refractivity contribution in [2.45, 2.75) is 25.3 Å². The Bertz CT molecular complexity index is 696. The average Bonchev–Trinajstić information content (AvgIpc) is 3.11. The van der Waals surface area contributed by atoms with Crippen LogP contribution in [0, 0.1) is 0 Å². The Balaban J connectivity index is 2.00. The molecule has 1 aliphatic rings. The number of hydrogen-bond donors (Lipinski definition) is 0. The predicted octanol–water partition coefficient (Wildman–Crippen LogP) is 2.11. The summed E-state index contributed by atoms with van der Waals surface area (Å²) in [6.07, 6.45) is 3.49. The number of fused-ring (bicyclic) bond motifs is 1. The van der Waals surface area contributed by atoms with Gasteiger partial charge in [0.05, 0.1) is 24.4 Å². The summed E-state index contributed by atoms with van der Waals surface area (Å²) in [5, 5.41) is 0. The van der Waals surface area contributed by atoms with Gasteiger partial charge in [0.1, 0.15) is 0 Å². The predicted molar refractivity (Wildman–Crippen MR) is 77.3 cm³/mol. The molecule has 5 nitrogen and oxygen atoms in total. The number of carbonyl (C=O) groups is 2. The van der Waals surface area contributed by atoms with Crippen molar-refractivity contribution in [3.05, 3.63) is 47.5 Å². The molecule has 0 saturated heterocycles. The van der Waals surface area contributed by atoms with Crippen molar-refractivity contribution in [2.24, 2.45) is 7.05 Å². The van der Waals surface area contributed by atoms with E-state index >= 15 is 0 Å². The molecule has 3 heterocycles. The van der Waals surface area contributed by atoms with Gasteiger partial charge in [-0.2, -0.15) is 0 Å². The van der Waals surface area contributed by atoms with Crippen LogP contribution in [0.4, 0.5) is 0 Å². The van der Waals surface area contributed by atoms with E-state index in [1.807, 2.05) is 46.6 Å². The van der Waals surface area contributed by atoms with Gasteiger partial charge in [0.2, 0.25) is 5.78 Å². The summed E-state index contributed by atoms with van der Waals surface area (Å²) >= 11 is 0. The van der Waals surface area contributed by atoms with Crippen molar-refractivity contribution in [3.63, 3.8) is 0 Å². The number of aryl methyl sites for hydroxylation is 1. The van der Waals surface area contributed by atoms with Crippen LogP contribution in [0.2, 0.25) is 0 Å². The summed E-state index contributed by atoms with van der Waals surface area (Å²) < 4.78 is 8.63. The molecule has 0 fully saturated rings. The maximum absolute atomic E-state index is 12.6. The monoisotopic (exact) mass is 286 g/mol. The quantitative estimate of drug-likeness (QED) is 0.641. The topological polar surface area (TPSA) is 53.2 Å². The van der Waals surface area contributed by atoms with Gasteiger partial charge in [0.25, 0.3) is 0 Å². The maximum atomic E-state index is 12.6. The van der Waals surface area contributed by atoms with Gasteiger partial charge >= 0.3 is 5.97 Å². The molecule has 0 spiro atoms. The Morgan fingerprint density at radius 3 is 2.71 bits per heavy atom. The average molecular weight is 286 g/mol. The minimum atomic E-state index is -0.265. The van der Waals surface area contributed by atoms with E-state index in [2.05, 4.69) is 0 Å². The Hall–Kier alpha value is -2.30. The van der Waals surface area contributed by atoms with Crippen molar-refractivity contribution < 1.29 is 14.3 Å². The standard InChI is InChI=1S/C16H18N2O3/c1-17-9-4-6-13(17)15(19)14-8-7-12-11(16(20)21-2)5-3-10-18(12)14/h4,6-9,11H,3,5,10H2,1-2H3. The van der Waals surface area contributed by atoms with Gasteiger partial charge in [0.15, 0.2) is 0 Å². The van der Waals surface area contributed by atoms with Gasteiger partial charge in [-0.05, 0) is 37.1 Å². The minimum absolute atomic E-state index is 0.0146. The van der Waals surface area contributed by atoms with E-state index in [4.69, 9.17) is 4.74 Å². The molecule has 1 aliphatic heterocycles. The Morgan fingerprint density at radius 2 is 2.05 bits per heavy atom. The molecular formula is C16H18N2O3. The number of esters is 1. The van der Waals surface area contributed by atoms with E-state index in [1.54, 1.807) is 0 Å². The number of nitrogens with zero attached hydrogens (tertiary/aromatic N) is 2. The molecule has 110 valence electrons. The molecule has 2 aromatic rings. The third kappa shape index (κ3) is 2.18. The molecule has 0 amide bonds. The van der Waals surface area contributed by atoms with E-state index < -0.39 is 0 Å². The molecule has 0 aromatic carbocycles. The highest BCUT2D eigenvalue weighted by Crippen LogP contribution is 2.31. The highest BCUT2D eigenvalue weighted by molar-refractivity contribution is 6.07. The van der Waals surface area contributed by atoms with E-state index in [0.717, 1.165) is 25.1 Å².